The second kappa shape index (κ2) is 25.5. The summed E-state index contributed by atoms with van der Waals surface area (Å²) in [6, 6.07) is 30.4. The van der Waals surface area contributed by atoms with E-state index in [-0.39, 0.29) is 36.1 Å². The molecule has 2 aromatic heterocycles. The topological polar surface area (TPSA) is 190 Å². The summed E-state index contributed by atoms with van der Waals surface area (Å²) in [6.45, 7) is 6.86. The Labute approximate surface area is 442 Å². The zero-order chi connectivity index (χ0) is 52.8. The number of hydrogen-bond acceptors (Lipinski definition) is 13. The molecule has 2 aliphatic heterocycles. The molecule has 0 aliphatic carbocycles. The van der Waals surface area contributed by atoms with Gasteiger partial charge in [0.1, 0.15) is 50.5 Å². The molecule has 18 nitrogen and oxygen atoms in total. The Kier molecular flexibility index (Phi) is 17.8. The molecule has 18 heteroatoms. The molecular weight excluding hydrogens is 967 g/mol. The first-order valence-corrected chi connectivity index (χ1v) is 26.3. The molecule has 0 spiro atoms. The van der Waals surface area contributed by atoms with Crippen molar-refractivity contribution < 1.29 is 52.9 Å². The number of imide groups is 1. The van der Waals surface area contributed by atoms with Crippen molar-refractivity contribution in [1.82, 2.24) is 29.8 Å². The van der Waals surface area contributed by atoms with Crippen LogP contribution in [0.2, 0.25) is 0 Å². The number of anilines is 1. The number of rotatable bonds is 26. The van der Waals surface area contributed by atoms with E-state index in [1.54, 1.807) is 4.68 Å². The van der Waals surface area contributed by atoms with E-state index in [0.717, 1.165) is 110 Å². The summed E-state index contributed by atoms with van der Waals surface area (Å²) in [6.07, 6.45) is 13.0. The molecule has 0 atom stereocenters. The lowest BCUT2D eigenvalue weighted by molar-refractivity contribution is -0.755. The van der Waals surface area contributed by atoms with Crippen molar-refractivity contribution in [2.75, 3.05) is 45.4 Å². The second-order valence-electron chi connectivity index (χ2n) is 19.3. The molecule has 1 saturated heterocycles. The first-order valence-electron chi connectivity index (χ1n) is 26.3. The normalized spacial score (nSPS) is 13.4. The highest BCUT2D eigenvalue weighted by Gasteiger charge is 2.34. The molecule has 76 heavy (non-hydrogen) atoms. The minimum absolute atomic E-state index is 0.200. The maximum Gasteiger partial charge on any atom is 0.338 e. The molecule has 396 valence electrons. The highest BCUT2D eigenvalue weighted by Crippen LogP contribution is 2.37. The van der Waals surface area contributed by atoms with Gasteiger partial charge in [0, 0.05) is 58.3 Å². The molecule has 7 aromatic rings. The number of nitrogens with zero attached hydrogens (tertiary/aromatic N) is 8. The largest absolute Gasteiger partial charge is 0.487 e. The van der Waals surface area contributed by atoms with Crippen molar-refractivity contribution in [2.24, 2.45) is 7.05 Å². The van der Waals surface area contributed by atoms with Gasteiger partial charge in [0.2, 0.25) is 5.69 Å². The Morgan fingerprint density at radius 1 is 0.697 bits per heavy atom. The number of aromatic nitrogens is 6. The standard InChI is InChI=1S/C58H66N9O9/c1-63-47(40-76-49-32-44(57(70)72-2)31-45(33-49)58(71)73-3)38-66(62-63)26-11-9-7-5-4-6-8-10-25-65-37-46(60-61-65)39-75-48-21-19-42(20-22-48)35-59-34-41-15-17-43(18-16-41)36-67-55(68)51-14-12-13-50-53(64-27-29-74-30-28-64)24-23-52(54(50)51)56(67)69/h12-24,31-33,37-38,59H,4-11,25-30,34-36,39-40H2,1-3H3/q+1/p+1. The van der Waals surface area contributed by atoms with Crippen LogP contribution < -0.4 is 24.4 Å². The Morgan fingerprint density at radius 3 is 2.00 bits per heavy atom. The number of hydrogen-bond donors (Lipinski definition) is 1. The van der Waals surface area contributed by atoms with Crippen LogP contribution >= 0.6 is 0 Å². The number of carbonyl (C=O) groups excluding carboxylic acids is 4. The van der Waals surface area contributed by atoms with Crippen LogP contribution in [0.15, 0.2) is 109 Å². The van der Waals surface area contributed by atoms with E-state index in [1.807, 2.05) is 83.4 Å². The Morgan fingerprint density at radius 2 is 1.32 bits per heavy atom. The van der Waals surface area contributed by atoms with Gasteiger partial charge < -0.3 is 33.9 Å². The number of morpholine rings is 1. The predicted octanol–water partition coefficient (Wildman–Crippen LogP) is 6.90. The smallest absolute Gasteiger partial charge is 0.338 e. The number of unbranched alkanes of at least 4 members (excludes halogenated alkanes) is 7. The quantitative estimate of drug-likeness (QED) is 0.0256. The zero-order valence-electron chi connectivity index (χ0n) is 43.7. The van der Waals surface area contributed by atoms with E-state index in [2.05, 4.69) is 50.0 Å². The highest BCUT2D eigenvalue weighted by atomic mass is 16.5. The van der Waals surface area contributed by atoms with Crippen LogP contribution in [0.3, 0.4) is 0 Å². The molecule has 2 N–H and O–H groups in total. The van der Waals surface area contributed by atoms with Crippen LogP contribution in [0.4, 0.5) is 5.69 Å². The molecule has 5 aromatic carbocycles. The first kappa shape index (κ1) is 52.9. The molecule has 4 heterocycles. The molecule has 0 radical (unpaired) electrons. The third-order valence-electron chi connectivity index (χ3n) is 14.0. The van der Waals surface area contributed by atoms with Gasteiger partial charge in [0.25, 0.3) is 11.8 Å². The predicted molar refractivity (Wildman–Crippen MR) is 282 cm³/mol. The molecule has 1 fully saturated rings. The number of carbonyl (C=O) groups is 4. The number of nitrogens with two attached hydrogens (primary N) is 1. The summed E-state index contributed by atoms with van der Waals surface area (Å²) in [5.41, 5.74) is 7.46. The van der Waals surface area contributed by atoms with Gasteiger partial charge in [-0.2, -0.15) is 0 Å². The Balaban J connectivity index is 0.616. The fraction of sp³-hybridized carbons (Fsp3) is 0.379. The van der Waals surface area contributed by atoms with Gasteiger partial charge in [-0.1, -0.05) is 73.7 Å². The van der Waals surface area contributed by atoms with E-state index in [9.17, 15) is 19.2 Å². The van der Waals surface area contributed by atoms with Gasteiger partial charge in [-0.05, 0) is 85.5 Å². The van der Waals surface area contributed by atoms with E-state index < -0.39 is 11.9 Å². The van der Waals surface area contributed by atoms with Crippen molar-refractivity contribution in [2.45, 2.75) is 97.3 Å². The number of methoxy groups -OCH3 is 2. The summed E-state index contributed by atoms with van der Waals surface area (Å²) in [5.74, 6) is -0.533. The summed E-state index contributed by atoms with van der Waals surface area (Å²) in [5, 5.41) is 17.1. The molecule has 2 aliphatic rings. The van der Waals surface area contributed by atoms with Crippen LogP contribution in [-0.4, -0.2) is 94.1 Å². The van der Waals surface area contributed by atoms with E-state index in [0.29, 0.717) is 36.7 Å². The molecule has 0 saturated carbocycles. The molecular formula is C58H67N9O9+2. The fourth-order valence-electron chi connectivity index (χ4n) is 9.79. The van der Waals surface area contributed by atoms with Gasteiger partial charge in [-0.3, -0.25) is 19.2 Å². The van der Waals surface area contributed by atoms with Crippen molar-refractivity contribution >= 4 is 40.2 Å². The number of ether oxygens (including phenoxy) is 5. The fourth-order valence-corrected chi connectivity index (χ4v) is 9.79. The lowest BCUT2D eigenvalue weighted by atomic mass is 9.92. The van der Waals surface area contributed by atoms with Crippen LogP contribution in [-0.2, 0) is 67.2 Å². The van der Waals surface area contributed by atoms with Crippen LogP contribution in [0.25, 0.3) is 10.8 Å². The van der Waals surface area contributed by atoms with E-state index in [4.69, 9.17) is 23.7 Å². The lowest BCUT2D eigenvalue weighted by Crippen LogP contribution is -2.80. The number of aryl methyl sites for hydroxylation is 3. The van der Waals surface area contributed by atoms with Gasteiger partial charge in [-0.15, -0.1) is 14.5 Å². The van der Waals surface area contributed by atoms with Crippen molar-refractivity contribution in [1.29, 1.82) is 0 Å². The highest BCUT2D eigenvalue weighted by molar-refractivity contribution is 6.26. The average molecular weight is 1030 g/mol. The van der Waals surface area contributed by atoms with Crippen LogP contribution in [0.1, 0.15) is 121 Å². The summed E-state index contributed by atoms with van der Waals surface area (Å²) in [7, 11) is 4.42. The summed E-state index contributed by atoms with van der Waals surface area (Å²) in [4.78, 5) is 55.4. The molecule has 0 bridgehead atoms. The summed E-state index contributed by atoms with van der Waals surface area (Å²) < 4.78 is 32.8. The SMILES string of the molecule is COC(=O)c1cc(OCc2c[n+](CCCCCCCCCCn3cc(COc4ccc(C[NH2+]Cc5ccc(CN6C(=O)c7cccc8c(N9CCOCC9)ccc(c78)C6=O)cc5)cc4)nn3)nn2C)cc(C(=O)OC)c1. The van der Waals surface area contributed by atoms with E-state index >= 15 is 0 Å². The third-order valence-corrected chi connectivity index (χ3v) is 14.0. The third kappa shape index (κ3) is 13.3. The number of quaternary nitrogens is 1. The van der Waals surface area contributed by atoms with Crippen molar-refractivity contribution in [3.8, 4) is 11.5 Å². The Hall–Kier alpha value is -7.96. The molecule has 2 amide bonds. The maximum atomic E-state index is 13.8. The Bertz CT molecular complexity index is 3070. The first-order chi connectivity index (χ1) is 37.1. The minimum atomic E-state index is -0.572. The zero-order valence-corrected chi connectivity index (χ0v) is 43.7. The number of amides is 2. The van der Waals surface area contributed by atoms with Gasteiger partial charge in [0.15, 0.2) is 12.8 Å². The van der Waals surface area contributed by atoms with Crippen molar-refractivity contribution in [3.05, 3.63) is 160 Å². The number of benzene rings is 5. The van der Waals surface area contributed by atoms with E-state index in [1.165, 1.54) is 68.6 Å². The molecule has 9 rings (SSSR count). The lowest BCUT2D eigenvalue weighted by Gasteiger charge is -2.32. The number of esters is 2. The monoisotopic (exact) mass is 1030 g/mol. The van der Waals surface area contributed by atoms with Crippen LogP contribution in [0.5, 0.6) is 11.5 Å². The van der Waals surface area contributed by atoms with Crippen molar-refractivity contribution in [3.63, 3.8) is 0 Å². The van der Waals surface area contributed by atoms with Gasteiger partial charge >= 0.3 is 11.9 Å². The average Bonchev–Trinajstić information content (AvgIpc) is 4.11. The summed E-state index contributed by atoms with van der Waals surface area (Å²) >= 11 is 0. The van der Waals surface area contributed by atoms with Crippen LogP contribution in [0, 0.1) is 0 Å². The molecule has 0 unspecified atom stereocenters. The van der Waals surface area contributed by atoms with Gasteiger partial charge in [-0.25, -0.2) is 9.59 Å². The van der Waals surface area contributed by atoms with Gasteiger partial charge in [0.05, 0.1) is 56.5 Å². The second-order valence-corrected chi connectivity index (χ2v) is 19.3. The minimum Gasteiger partial charge on any atom is -0.487 e. The maximum absolute atomic E-state index is 13.8.